The van der Waals surface area contributed by atoms with Gasteiger partial charge in [-0.1, -0.05) is 42.5 Å². The first-order valence-corrected chi connectivity index (χ1v) is 11.8. The van der Waals surface area contributed by atoms with Crippen LogP contribution in [0.5, 0.6) is 0 Å². The average molecular weight is 525 g/mol. The van der Waals surface area contributed by atoms with Crippen molar-refractivity contribution in [2.75, 3.05) is 26.2 Å². The fraction of sp³-hybridized carbons (Fsp3) is 0.320. The normalized spacial score (nSPS) is 17.8. The molecule has 1 aromatic carbocycles. The standard InChI is InChI=1S/C25H28N6O7/c26-18(12-27-21(34)14-31-22(35)8-9-23(31)36)24(37)28-13-20(33)29-19(11-16-5-2-1-3-6-16)25(38)30-10-4-7-17(30)15-32/h1-9,15,17-19H,10-14,26H2,(H,27,34)(H,28,37)(H,29,33)/t17-,18+,19+/m1/s1. The van der Waals surface area contributed by atoms with Crippen molar-refractivity contribution >= 4 is 41.7 Å². The Morgan fingerprint density at radius 3 is 2.37 bits per heavy atom. The number of hydrogen-bond donors (Lipinski definition) is 4. The molecule has 0 unspecified atom stereocenters. The zero-order valence-corrected chi connectivity index (χ0v) is 20.4. The van der Waals surface area contributed by atoms with Crippen molar-refractivity contribution in [2.45, 2.75) is 24.5 Å². The Balaban J connectivity index is 1.49. The zero-order chi connectivity index (χ0) is 27.7. The third-order valence-corrected chi connectivity index (χ3v) is 5.82. The maximum absolute atomic E-state index is 13.1. The number of carbonyl (C=O) groups is 7. The predicted octanol–water partition coefficient (Wildman–Crippen LogP) is -2.84. The maximum Gasteiger partial charge on any atom is 0.254 e. The van der Waals surface area contributed by atoms with E-state index in [9.17, 15) is 33.6 Å². The van der Waals surface area contributed by atoms with Crippen LogP contribution in [0.3, 0.4) is 0 Å². The molecule has 6 amide bonds. The Labute approximate surface area is 218 Å². The molecule has 38 heavy (non-hydrogen) atoms. The number of benzene rings is 1. The van der Waals surface area contributed by atoms with Crippen LogP contribution in [-0.2, 0) is 40.0 Å². The minimum atomic E-state index is -1.22. The highest BCUT2D eigenvalue weighted by Crippen LogP contribution is 2.13. The molecule has 2 aliphatic rings. The summed E-state index contributed by atoms with van der Waals surface area (Å²) in [6, 6.07) is 6.08. The molecule has 0 saturated heterocycles. The highest BCUT2D eigenvalue weighted by molar-refractivity contribution is 6.14. The number of amides is 6. The molecule has 3 atom stereocenters. The van der Waals surface area contributed by atoms with Gasteiger partial charge in [0.2, 0.25) is 23.6 Å². The van der Waals surface area contributed by atoms with E-state index in [1.54, 1.807) is 36.4 Å². The second-order valence-corrected chi connectivity index (χ2v) is 8.58. The van der Waals surface area contributed by atoms with Gasteiger partial charge in [-0.15, -0.1) is 0 Å². The molecule has 0 bridgehead atoms. The molecule has 3 rings (SSSR count). The van der Waals surface area contributed by atoms with Gasteiger partial charge >= 0.3 is 0 Å². The highest BCUT2D eigenvalue weighted by Gasteiger charge is 2.31. The van der Waals surface area contributed by atoms with Crippen LogP contribution >= 0.6 is 0 Å². The van der Waals surface area contributed by atoms with Crippen LogP contribution in [0.4, 0.5) is 0 Å². The Bertz CT molecular complexity index is 1150. The summed E-state index contributed by atoms with van der Waals surface area (Å²) in [7, 11) is 0. The van der Waals surface area contributed by atoms with Crippen LogP contribution < -0.4 is 21.7 Å². The first-order chi connectivity index (χ1) is 18.2. The number of carbonyl (C=O) groups excluding carboxylic acids is 7. The molecule has 13 heteroatoms. The van der Waals surface area contributed by atoms with E-state index in [2.05, 4.69) is 16.0 Å². The van der Waals surface area contributed by atoms with Gasteiger partial charge in [0.1, 0.15) is 31.0 Å². The van der Waals surface area contributed by atoms with E-state index in [0.717, 1.165) is 22.6 Å². The molecule has 2 aliphatic heterocycles. The Kier molecular flexibility index (Phi) is 9.60. The van der Waals surface area contributed by atoms with Crippen LogP contribution in [0.25, 0.3) is 0 Å². The molecular weight excluding hydrogens is 496 g/mol. The van der Waals surface area contributed by atoms with Crippen LogP contribution in [0.2, 0.25) is 0 Å². The van der Waals surface area contributed by atoms with Crippen molar-refractivity contribution in [2.24, 2.45) is 5.73 Å². The number of hydrogen-bond acceptors (Lipinski definition) is 8. The van der Waals surface area contributed by atoms with Crippen LogP contribution in [0.15, 0.2) is 54.6 Å². The van der Waals surface area contributed by atoms with Crippen molar-refractivity contribution < 1.29 is 33.6 Å². The molecule has 0 saturated carbocycles. The number of nitrogens with zero attached hydrogens (tertiary/aromatic N) is 2. The molecule has 2 heterocycles. The number of rotatable bonds is 12. The molecule has 0 aromatic heterocycles. The van der Waals surface area contributed by atoms with Gasteiger partial charge in [-0.25, -0.2) is 0 Å². The summed E-state index contributed by atoms with van der Waals surface area (Å²) < 4.78 is 0. The third kappa shape index (κ3) is 7.43. The molecule has 0 radical (unpaired) electrons. The monoisotopic (exact) mass is 524 g/mol. The summed E-state index contributed by atoms with van der Waals surface area (Å²) in [6.07, 6.45) is 6.19. The van der Waals surface area contributed by atoms with Gasteiger partial charge in [0, 0.05) is 31.7 Å². The summed E-state index contributed by atoms with van der Waals surface area (Å²) in [5, 5.41) is 7.30. The molecule has 200 valence electrons. The maximum atomic E-state index is 13.1. The van der Waals surface area contributed by atoms with Gasteiger partial charge in [-0.2, -0.15) is 0 Å². The van der Waals surface area contributed by atoms with E-state index in [0.29, 0.717) is 6.29 Å². The molecule has 0 fully saturated rings. The molecule has 0 spiro atoms. The zero-order valence-electron chi connectivity index (χ0n) is 20.4. The fourth-order valence-electron chi connectivity index (χ4n) is 3.79. The largest absolute Gasteiger partial charge is 0.352 e. The molecule has 13 nitrogen and oxygen atoms in total. The van der Waals surface area contributed by atoms with Gasteiger partial charge < -0.3 is 31.4 Å². The van der Waals surface area contributed by atoms with E-state index in [1.807, 2.05) is 6.07 Å². The minimum Gasteiger partial charge on any atom is -0.352 e. The number of nitrogens with two attached hydrogens (primary N) is 1. The lowest BCUT2D eigenvalue weighted by atomic mass is 10.0. The van der Waals surface area contributed by atoms with Crippen molar-refractivity contribution in [3.63, 3.8) is 0 Å². The van der Waals surface area contributed by atoms with Gasteiger partial charge in [0.25, 0.3) is 11.8 Å². The summed E-state index contributed by atoms with van der Waals surface area (Å²) in [5.41, 5.74) is 6.55. The summed E-state index contributed by atoms with van der Waals surface area (Å²) in [4.78, 5) is 86.4. The lowest BCUT2D eigenvalue weighted by Gasteiger charge is -2.27. The fourth-order valence-corrected chi connectivity index (χ4v) is 3.79. The van der Waals surface area contributed by atoms with E-state index in [-0.39, 0.29) is 19.5 Å². The second kappa shape index (κ2) is 13.1. The SMILES string of the molecule is N[C@@H](CNC(=O)CN1C(=O)C=CC1=O)C(=O)NCC(=O)N[C@@H](Cc1ccccc1)C(=O)N1CC=C[C@@H]1C=O. The summed E-state index contributed by atoms with van der Waals surface area (Å²) >= 11 is 0. The lowest BCUT2D eigenvalue weighted by Crippen LogP contribution is -2.54. The van der Waals surface area contributed by atoms with Crippen LogP contribution in [0, 0.1) is 0 Å². The van der Waals surface area contributed by atoms with Gasteiger partial charge in [0.05, 0.1) is 6.54 Å². The Morgan fingerprint density at radius 2 is 1.71 bits per heavy atom. The quantitative estimate of drug-likeness (QED) is 0.128. The number of imide groups is 1. The van der Waals surface area contributed by atoms with E-state index < -0.39 is 66.7 Å². The second-order valence-electron chi connectivity index (χ2n) is 8.58. The first-order valence-electron chi connectivity index (χ1n) is 11.8. The van der Waals surface area contributed by atoms with Gasteiger partial charge in [-0.05, 0) is 5.56 Å². The molecule has 5 N–H and O–H groups in total. The van der Waals surface area contributed by atoms with E-state index in [1.165, 1.54) is 4.90 Å². The van der Waals surface area contributed by atoms with Crippen molar-refractivity contribution in [1.82, 2.24) is 25.8 Å². The number of nitrogens with one attached hydrogen (secondary N) is 3. The summed E-state index contributed by atoms with van der Waals surface area (Å²) in [6.45, 7) is -1.08. The first kappa shape index (κ1) is 27.9. The third-order valence-electron chi connectivity index (χ3n) is 5.82. The average Bonchev–Trinajstić information content (AvgIpc) is 3.52. The highest BCUT2D eigenvalue weighted by atomic mass is 16.2. The number of aldehydes is 1. The van der Waals surface area contributed by atoms with Crippen molar-refractivity contribution in [3.05, 3.63) is 60.2 Å². The Hall–Kier alpha value is -4.65. The van der Waals surface area contributed by atoms with Gasteiger partial charge in [-0.3, -0.25) is 33.7 Å². The molecular formula is C25H28N6O7. The summed E-state index contributed by atoms with van der Waals surface area (Å²) in [5.74, 6) is -3.78. The van der Waals surface area contributed by atoms with Crippen LogP contribution in [-0.4, -0.2) is 95.8 Å². The topological polar surface area (TPSA) is 188 Å². The van der Waals surface area contributed by atoms with Crippen molar-refractivity contribution in [3.8, 4) is 0 Å². The van der Waals surface area contributed by atoms with Gasteiger partial charge in [0.15, 0.2) is 0 Å². The van der Waals surface area contributed by atoms with Crippen LogP contribution in [0.1, 0.15) is 5.56 Å². The van der Waals surface area contributed by atoms with E-state index >= 15 is 0 Å². The lowest BCUT2D eigenvalue weighted by molar-refractivity contribution is -0.141. The molecule has 1 aromatic rings. The van der Waals surface area contributed by atoms with E-state index in [4.69, 9.17) is 5.73 Å². The van der Waals surface area contributed by atoms with Crippen molar-refractivity contribution in [1.29, 1.82) is 0 Å². The Morgan fingerprint density at radius 1 is 1.03 bits per heavy atom. The predicted molar refractivity (Wildman–Crippen MR) is 133 cm³/mol. The molecule has 0 aliphatic carbocycles. The minimum absolute atomic E-state index is 0.171. The smallest absolute Gasteiger partial charge is 0.254 e.